The lowest BCUT2D eigenvalue weighted by atomic mass is 10.1. The van der Waals surface area contributed by atoms with Gasteiger partial charge in [0.15, 0.2) is 0 Å². The van der Waals surface area contributed by atoms with Crippen LogP contribution < -0.4 is 11.1 Å². The van der Waals surface area contributed by atoms with Crippen LogP contribution in [0.25, 0.3) is 0 Å². The standard InChI is InChI=1S/C14H13Cl2FN2/c15-9-1-6-12(13(16)7-9)14(8-18)19-11-4-2-10(17)3-5-11/h1-7,14,19H,8,18H2. The molecular formula is C14H13Cl2FN2. The molecule has 0 aliphatic heterocycles. The summed E-state index contributed by atoms with van der Waals surface area (Å²) < 4.78 is 12.8. The quantitative estimate of drug-likeness (QED) is 0.886. The van der Waals surface area contributed by atoms with Crippen LogP contribution in [0.2, 0.25) is 10.0 Å². The number of hydrogen-bond acceptors (Lipinski definition) is 2. The van der Waals surface area contributed by atoms with Gasteiger partial charge in [0.1, 0.15) is 5.82 Å². The number of benzene rings is 2. The van der Waals surface area contributed by atoms with E-state index in [1.165, 1.54) is 12.1 Å². The highest BCUT2D eigenvalue weighted by atomic mass is 35.5. The van der Waals surface area contributed by atoms with Gasteiger partial charge >= 0.3 is 0 Å². The molecular weight excluding hydrogens is 286 g/mol. The normalized spacial score (nSPS) is 12.2. The molecule has 1 atom stereocenters. The number of hydrogen-bond donors (Lipinski definition) is 2. The molecule has 5 heteroatoms. The first-order chi connectivity index (χ1) is 9.10. The molecule has 0 fully saturated rings. The van der Waals surface area contributed by atoms with E-state index < -0.39 is 0 Å². The summed E-state index contributed by atoms with van der Waals surface area (Å²) in [6, 6.07) is 11.2. The van der Waals surface area contributed by atoms with Crippen LogP contribution in [0.1, 0.15) is 11.6 Å². The van der Waals surface area contributed by atoms with E-state index in [0.29, 0.717) is 16.6 Å². The van der Waals surface area contributed by atoms with Crippen LogP contribution in [-0.2, 0) is 0 Å². The minimum Gasteiger partial charge on any atom is -0.377 e. The van der Waals surface area contributed by atoms with E-state index in [2.05, 4.69) is 5.32 Å². The SMILES string of the molecule is NCC(Nc1ccc(F)cc1)c1ccc(Cl)cc1Cl. The summed E-state index contributed by atoms with van der Waals surface area (Å²) in [7, 11) is 0. The third-order valence-electron chi connectivity index (χ3n) is 2.76. The summed E-state index contributed by atoms with van der Waals surface area (Å²) in [5.74, 6) is -0.278. The maximum Gasteiger partial charge on any atom is 0.123 e. The number of rotatable bonds is 4. The zero-order chi connectivity index (χ0) is 13.8. The molecule has 0 spiro atoms. The van der Waals surface area contributed by atoms with Crippen LogP contribution in [0.4, 0.5) is 10.1 Å². The van der Waals surface area contributed by atoms with Gasteiger partial charge in [-0.3, -0.25) is 0 Å². The van der Waals surface area contributed by atoms with Gasteiger partial charge < -0.3 is 11.1 Å². The lowest BCUT2D eigenvalue weighted by Crippen LogP contribution is -2.20. The number of anilines is 1. The molecule has 0 bridgehead atoms. The van der Waals surface area contributed by atoms with Gasteiger partial charge in [-0.2, -0.15) is 0 Å². The Bertz CT molecular complexity index is 558. The van der Waals surface area contributed by atoms with Gasteiger partial charge in [-0.1, -0.05) is 29.3 Å². The van der Waals surface area contributed by atoms with Gasteiger partial charge in [0.25, 0.3) is 0 Å². The molecule has 0 aliphatic rings. The van der Waals surface area contributed by atoms with E-state index in [4.69, 9.17) is 28.9 Å². The maximum atomic E-state index is 12.8. The van der Waals surface area contributed by atoms with Crippen molar-refractivity contribution in [2.45, 2.75) is 6.04 Å². The summed E-state index contributed by atoms with van der Waals surface area (Å²) >= 11 is 12.0. The molecule has 0 saturated heterocycles. The summed E-state index contributed by atoms with van der Waals surface area (Å²) in [6.45, 7) is 0.360. The van der Waals surface area contributed by atoms with Crippen molar-refractivity contribution in [3.63, 3.8) is 0 Å². The third-order valence-corrected chi connectivity index (χ3v) is 3.32. The Balaban J connectivity index is 2.22. The van der Waals surface area contributed by atoms with Crippen LogP contribution in [0.3, 0.4) is 0 Å². The molecule has 0 amide bonds. The van der Waals surface area contributed by atoms with Crippen LogP contribution in [0, 0.1) is 5.82 Å². The topological polar surface area (TPSA) is 38.0 Å². The van der Waals surface area contributed by atoms with Crippen molar-refractivity contribution in [3.8, 4) is 0 Å². The Morgan fingerprint density at radius 2 is 1.79 bits per heavy atom. The second-order valence-corrected chi connectivity index (χ2v) is 4.95. The maximum absolute atomic E-state index is 12.8. The second kappa shape index (κ2) is 6.24. The monoisotopic (exact) mass is 298 g/mol. The Hall–Kier alpha value is -1.29. The highest BCUT2D eigenvalue weighted by Gasteiger charge is 2.13. The fraction of sp³-hybridized carbons (Fsp3) is 0.143. The third kappa shape index (κ3) is 3.60. The van der Waals surface area contributed by atoms with E-state index in [0.717, 1.165) is 11.3 Å². The van der Waals surface area contributed by atoms with Crippen molar-refractivity contribution in [2.24, 2.45) is 5.73 Å². The van der Waals surface area contributed by atoms with Gasteiger partial charge in [-0.05, 0) is 42.0 Å². The van der Waals surface area contributed by atoms with Crippen molar-refractivity contribution < 1.29 is 4.39 Å². The van der Waals surface area contributed by atoms with E-state index in [-0.39, 0.29) is 11.9 Å². The largest absolute Gasteiger partial charge is 0.377 e. The van der Waals surface area contributed by atoms with Gasteiger partial charge in [0.2, 0.25) is 0 Å². The van der Waals surface area contributed by atoms with Crippen LogP contribution in [0.5, 0.6) is 0 Å². The molecule has 2 aromatic rings. The molecule has 2 aromatic carbocycles. The molecule has 1 unspecified atom stereocenters. The van der Waals surface area contributed by atoms with E-state index in [1.807, 2.05) is 6.07 Å². The first-order valence-electron chi connectivity index (χ1n) is 5.77. The smallest absolute Gasteiger partial charge is 0.123 e. The minimum absolute atomic E-state index is 0.157. The zero-order valence-corrected chi connectivity index (χ0v) is 11.5. The Kier molecular flexibility index (Phi) is 4.64. The molecule has 100 valence electrons. The summed E-state index contributed by atoms with van der Waals surface area (Å²) in [6.07, 6.45) is 0. The van der Waals surface area contributed by atoms with Crippen LogP contribution in [-0.4, -0.2) is 6.54 Å². The van der Waals surface area contributed by atoms with Crippen molar-refractivity contribution in [1.29, 1.82) is 0 Å². The van der Waals surface area contributed by atoms with Crippen molar-refractivity contribution in [3.05, 3.63) is 63.9 Å². The lowest BCUT2D eigenvalue weighted by Gasteiger charge is -2.20. The van der Waals surface area contributed by atoms with Gasteiger partial charge in [-0.15, -0.1) is 0 Å². The first-order valence-corrected chi connectivity index (χ1v) is 6.53. The Morgan fingerprint density at radius 3 is 2.37 bits per heavy atom. The zero-order valence-electron chi connectivity index (χ0n) is 10.0. The number of nitrogens with two attached hydrogens (primary N) is 1. The Morgan fingerprint density at radius 1 is 1.11 bits per heavy atom. The summed E-state index contributed by atoms with van der Waals surface area (Å²) in [5, 5.41) is 4.34. The van der Waals surface area contributed by atoms with E-state index in [9.17, 15) is 4.39 Å². The molecule has 2 nitrogen and oxygen atoms in total. The van der Waals surface area contributed by atoms with Crippen molar-refractivity contribution >= 4 is 28.9 Å². The summed E-state index contributed by atoms with van der Waals surface area (Å²) in [5.41, 5.74) is 7.40. The minimum atomic E-state index is -0.278. The Labute approximate surface area is 121 Å². The van der Waals surface area contributed by atoms with Gasteiger partial charge in [-0.25, -0.2) is 4.39 Å². The average Bonchev–Trinajstić information content (AvgIpc) is 2.39. The van der Waals surface area contributed by atoms with Crippen LogP contribution >= 0.6 is 23.2 Å². The fourth-order valence-electron chi connectivity index (χ4n) is 1.80. The molecule has 0 aliphatic carbocycles. The van der Waals surface area contributed by atoms with E-state index >= 15 is 0 Å². The first kappa shape index (κ1) is 14.1. The highest BCUT2D eigenvalue weighted by molar-refractivity contribution is 6.35. The second-order valence-electron chi connectivity index (χ2n) is 4.11. The van der Waals surface area contributed by atoms with Crippen LogP contribution in [0.15, 0.2) is 42.5 Å². The highest BCUT2D eigenvalue weighted by Crippen LogP contribution is 2.28. The molecule has 0 radical (unpaired) electrons. The fourth-order valence-corrected chi connectivity index (χ4v) is 2.34. The predicted molar refractivity (Wildman–Crippen MR) is 78.3 cm³/mol. The van der Waals surface area contributed by atoms with Gasteiger partial charge in [0.05, 0.1) is 6.04 Å². The van der Waals surface area contributed by atoms with E-state index in [1.54, 1.807) is 24.3 Å². The van der Waals surface area contributed by atoms with Crippen molar-refractivity contribution in [1.82, 2.24) is 0 Å². The van der Waals surface area contributed by atoms with Gasteiger partial charge in [0, 0.05) is 22.3 Å². The average molecular weight is 299 g/mol. The molecule has 2 rings (SSSR count). The van der Waals surface area contributed by atoms with Crippen molar-refractivity contribution in [2.75, 3.05) is 11.9 Å². The predicted octanol–water partition coefficient (Wildman–Crippen LogP) is 4.24. The molecule has 0 heterocycles. The molecule has 3 N–H and O–H groups in total. The molecule has 19 heavy (non-hydrogen) atoms. The number of nitrogens with one attached hydrogen (secondary N) is 1. The molecule has 0 saturated carbocycles. The summed E-state index contributed by atoms with van der Waals surface area (Å²) in [4.78, 5) is 0. The number of halogens is 3. The molecule has 0 aromatic heterocycles. The lowest BCUT2D eigenvalue weighted by molar-refractivity contribution is 0.628.